The number of carbonyl (C=O) groups excluding carboxylic acids is 1. The molecule has 0 bridgehead atoms. The minimum atomic E-state index is -0.112. The monoisotopic (exact) mass is 168 g/mol. The number of hydrogen-bond donors (Lipinski definition) is 0. The van der Waals surface area contributed by atoms with Crippen LogP contribution in [0, 0.1) is 0 Å². The second kappa shape index (κ2) is 4.29. The number of ether oxygens (including phenoxy) is 1. The van der Waals surface area contributed by atoms with Crippen molar-refractivity contribution < 1.29 is 9.53 Å². The minimum absolute atomic E-state index is 0.00544. The van der Waals surface area contributed by atoms with Crippen molar-refractivity contribution in [3.8, 4) is 0 Å². The lowest BCUT2D eigenvalue weighted by Gasteiger charge is -1.98. The Labute approximate surface area is 73.6 Å². The second-order valence-corrected chi connectivity index (χ2v) is 3.26. The molecule has 1 atom stereocenters. The molecule has 0 saturated heterocycles. The van der Waals surface area contributed by atoms with Crippen molar-refractivity contribution in [3.05, 3.63) is 11.6 Å². The third-order valence-electron chi connectivity index (χ3n) is 2.04. The van der Waals surface area contributed by atoms with Gasteiger partial charge in [-0.05, 0) is 25.8 Å². The van der Waals surface area contributed by atoms with E-state index in [9.17, 15) is 4.79 Å². The van der Waals surface area contributed by atoms with Gasteiger partial charge in [0.05, 0.1) is 0 Å². The van der Waals surface area contributed by atoms with E-state index in [1.807, 2.05) is 13.0 Å². The Morgan fingerprint density at radius 3 is 2.75 bits per heavy atom. The zero-order chi connectivity index (χ0) is 8.97. The van der Waals surface area contributed by atoms with Gasteiger partial charge in [0.15, 0.2) is 0 Å². The topological polar surface area (TPSA) is 26.3 Å². The number of hydrogen-bond acceptors (Lipinski definition) is 2. The lowest BCUT2D eigenvalue weighted by Crippen LogP contribution is -2.03. The van der Waals surface area contributed by atoms with Crippen molar-refractivity contribution in [3.63, 3.8) is 0 Å². The second-order valence-electron chi connectivity index (χ2n) is 3.26. The molecule has 1 unspecified atom stereocenters. The first-order valence-electron chi connectivity index (χ1n) is 4.65. The average Bonchev–Trinajstić information content (AvgIpc) is 2.31. The van der Waals surface area contributed by atoms with Gasteiger partial charge < -0.3 is 4.74 Å². The third-order valence-corrected chi connectivity index (χ3v) is 2.04. The Hall–Kier alpha value is -0.790. The zero-order valence-electron chi connectivity index (χ0n) is 7.80. The van der Waals surface area contributed by atoms with Gasteiger partial charge in [-0.2, -0.15) is 0 Å². The maximum atomic E-state index is 11.1. The normalized spacial score (nSPS) is 22.3. The summed E-state index contributed by atoms with van der Waals surface area (Å²) < 4.78 is 4.97. The van der Waals surface area contributed by atoms with Crippen LogP contribution in [0.1, 0.15) is 39.5 Å². The molecular weight excluding hydrogens is 152 g/mol. The first-order chi connectivity index (χ1) is 5.74. The molecule has 1 aliphatic rings. The van der Waals surface area contributed by atoms with Gasteiger partial charge in [0.25, 0.3) is 0 Å². The molecule has 2 nitrogen and oxygen atoms in total. The summed E-state index contributed by atoms with van der Waals surface area (Å²) in [5, 5.41) is 0. The standard InChI is InChI=1S/C10H16O2/c1-3-4-5-6-9-7-8(2)12-10(9)11/h7-8H,3-6H2,1-2H3. The van der Waals surface area contributed by atoms with Gasteiger partial charge in [-0.3, -0.25) is 0 Å². The molecule has 1 rings (SSSR count). The van der Waals surface area contributed by atoms with E-state index in [1.165, 1.54) is 12.8 Å². The molecular formula is C10H16O2. The summed E-state index contributed by atoms with van der Waals surface area (Å²) in [6.45, 7) is 4.05. The molecule has 12 heavy (non-hydrogen) atoms. The minimum Gasteiger partial charge on any atom is -0.455 e. The molecule has 0 amide bonds. The first-order valence-corrected chi connectivity index (χ1v) is 4.65. The molecule has 0 saturated carbocycles. The van der Waals surface area contributed by atoms with Gasteiger partial charge in [0.1, 0.15) is 6.10 Å². The van der Waals surface area contributed by atoms with Crippen LogP contribution in [0.15, 0.2) is 11.6 Å². The predicted molar refractivity (Wildman–Crippen MR) is 47.8 cm³/mol. The molecule has 0 aromatic heterocycles. The van der Waals surface area contributed by atoms with E-state index < -0.39 is 0 Å². The summed E-state index contributed by atoms with van der Waals surface area (Å²) in [7, 11) is 0. The van der Waals surface area contributed by atoms with E-state index in [4.69, 9.17) is 4.74 Å². The van der Waals surface area contributed by atoms with Gasteiger partial charge in [0, 0.05) is 5.57 Å². The molecule has 68 valence electrons. The van der Waals surface area contributed by atoms with Crippen LogP contribution in [0.5, 0.6) is 0 Å². The Morgan fingerprint density at radius 1 is 1.50 bits per heavy atom. The van der Waals surface area contributed by atoms with E-state index in [0.29, 0.717) is 0 Å². The van der Waals surface area contributed by atoms with Gasteiger partial charge >= 0.3 is 5.97 Å². The van der Waals surface area contributed by atoms with Crippen molar-refractivity contribution in [1.29, 1.82) is 0 Å². The van der Waals surface area contributed by atoms with Gasteiger partial charge in [0.2, 0.25) is 0 Å². The van der Waals surface area contributed by atoms with Crippen LogP contribution in [0.25, 0.3) is 0 Å². The third kappa shape index (κ3) is 2.36. The number of esters is 1. The van der Waals surface area contributed by atoms with Crippen LogP contribution in [-0.4, -0.2) is 12.1 Å². The fourth-order valence-corrected chi connectivity index (χ4v) is 1.38. The number of unbranched alkanes of at least 4 members (excludes halogenated alkanes) is 2. The fourth-order valence-electron chi connectivity index (χ4n) is 1.38. The molecule has 2 heteroatoms. The van der Waals surface area contributed by atoms with Crippen LogP contribution >= 0.6 is 0 Å². The maximum absolute atomic E-state index is 11.1. The number of cyclic esters (lactones) is 1. The molecule has 1 heterocycles. The maximum Gasteiger partial charge on any atom is 0.334 e. The van der Waals surface area contributed by atoms with E-state index in [0.717, 1.165) is 18.4 Å². The molecule has 0 aliphatic carbocycles. The molecule has 0 spiro atoms. The van der Waals surface area contributed by atoms with Crippen LogP contribution in [0.2, 0.25) is 0 Å². The lowest BCUT2D eigenvalue weighted by atomic mass is 10.1. The summed E-state index contributed by atoms with van der Waals surface area (Å²) in [6, 6.07) is 0. The summed E-state index contributed by atoms with van der Waals surface area (Å²) in [5.41, 5.74) is 0.871. The highest BCUT2D eigenvalue weighted by atomic mass is 16.5. The summed E-state index contributed by atoms with van der Waals surface area (Å²) in [6.07, 6.45) is 6.30. The Bertz CT molecular complexity index is 194. The smallest absolute Gasteiger partial charge is 0.334 e. The zero-order valence-corrected chi connectivity index (χ0v) is 7.80. The SMILES string of the molecule is CCCCCC1=CC(C)OC1=O. The highest BCUT2D eigenvalue weighted by molar-refractivity contribution is 5.90. The van der Waals surface area contributed by atoms with E-state index >= 15 is 0 Å². The van der Waals surface area contributed by atoms with E-state index in [-0.39, 0.29) is 12.1 Å². The van der Waals surface area contributed by atoms with Crippen molar-refractivity contribution >= 4 is 5.97 Å². The van der Waals surface area contributed by atoms with E-state index in [1.54, 1.807) is 0 Å². The molecule has 0 radical (unpaired) electrons. The van der Waals surface area contributed by atoms with Gasteiger partial charge in [-0.25, -0.2) is 4.79 Å². The van der Waals surface area contributed by atoms with Crippen LogP contribution in [-0.2, 0) is 9.53 Å². The quantitative estimate of drug-likeness (QED) is 0.476. The predicted octanol–water partition coefficient (Wildman–Crippen LogP) is 2.44. The summed E-state index contributed by atoms with van der Waals surface area (Å²) >= 11 is 0. The molecule has 0 N–H and O–H groups in total. The largest absolute Gasteiger partial charge is 0.455 e. The Balaban J connectivity index is 2.31. The summed E-state index contributed by atoms with van der Waals surface area (Å²) in [4.78, 5) is 11.1. The first kappa shape index (κ1) is 9.30. The Kier molecular flexibility index (Phi) is 3.32. The average molecular weight is 168 g/mol. The fraction of sp³-hybridized carbons (Fsp3) is 0.700. The Morgan fingerprint density at radius 2 is 2.25 bits per heavy atom. The van der Waals surface area contributed by atoms with Crippen LogP contribution < -0.4 is 0 Å². The van der Waals surface area contributed by atoms with Crippen molar-refractivity contribution in [2.24, 2.45) is 0 Å². The van der Waals surface area contributed by atoms with Crippen LogP contribution in [0.4, 0.5) is 0 Å². The lowest BCUT2D eigenvalue weighted by molar-refractivity contribution is -0.139. The summed E-state index contributed by atoms with van der Waals surface area (Å²) in [5.74, 6) is -0.112. The highest BCUT2D eigenvalue weighted by Crippen LogP contribution is 2.18. The van der Waals surface area contributed by atoms with Crippen molar-refractivity contribution in [1.82, 2.24) is 0 Å². The van der Waals surface area contributed by atoms with Gasteiger partial charge in [-0.1, -0.05) is 19.8 Å². The molecule has 1 aliphatic heterocycles. The van der Waals surface area contributed by atoms with Gasteiger partial charge in [-0.15, -0.1) is 0 Å². The molecule has 0 aromatic carbocycles. The number of carbonyl (C=O) groups is 1. The molecule has 0 fully saturated rings. The number of rotatable bonds is 4. The highest BCUT2D eigenvalue weighted by Gasteiger charge is 2.20. The van der Waals surface area contributed by atoms with Crippen LogP contribution in [0.3, 0.4) is 0 Å². The molecule has 0 aromatic rings. The van der Waals surface area contributed by atoms with Crippen molar-refractivity contribution in [2.45, 2.75) is 45.6 Å². The van der Waals surface area contributed by atoms with Crippen molar-refractivity contribution in [2.75, 3.05) is 0 Å². The van der Waals surface area contributed by atoms with E-state index in [2.05, 4.69) is 6.92 Å².